The third kappa shape index (κ3) is 3.07. The number of aromatic amines is 1. The Labute approximate surface area is 123 Å². The first-order valence-corrected chi connectivity index (χ1v) is 7.31. The average molecular weight is 285 g/mol. The van der Waals surface area contributed by atoms with Gasteiger partial charge >= 0.3 is 0 Å². The zero-order chi connectivity index (χ0) is 14.7. The molecule has 0 fully saturated rings. The third-order valence-corrected chi connectivity index (χ3v) is 3.79. The van der Waals surface area contributed by atoms with E-state index in [4.69, 9.17) is 4.74 Å². The third-order valence-electron chi connectivity index (χ3n) is 3.79. The first kappa shape index (κ1) is 13.7. The minimum Gasteiger partial charge on any atom is -0.494 e. The minimum absolute atomic E-state index is 0.00418. The number of aryl methyl sites for hydroxylation is 1. The van der Waals surface area contributed by atoms with Gasteiger partial charge in [-0.2, -0.15) is 0 Å². The quantitative estimate of drug-likeness (QED) is 0.907. The summed E-state index contributed by atoms with van der Waals surface area (Å²) in [6.07, 6.45) is 4.15. The van der Waals surface area contributed by atoms with E-state index >= 15 is 0 Å². The van der Waals surface area contributed by atoms with Crippen LogP contribution in [0.3, 0.4) is 0 Å². The van der Waals surface area contributed by atoms with E-state index in [2.05, 4.69) is 15.3 Å². The van der Waals surface area contributed by atoms with Gasteiger partial charge in [-0.15, -0.1) is 0 Å². The Morgan fingerprint density at radius 3 is 3.00 bits per heavy atom. The van der Waals surface area contributed by atoms with Gasteiger partial charge < -0.3 is 15.0 Å². The molecule has 0 bridgehead atoms. The summed E-state index contributed by atoms with van der Waals surface area (Å²) in [4.78, 5) is 19.7. The molecular formula is C16H19N3O2. The number of carbonyl (C=O) groups is 1. The molecule has 1 atom stereocenters. The second-order valence-corrected chi connectivity index (χ2v) is 5.21. The molecule has 1 aliphatic rings. The van der Waals surface area contributed by atoms with Crippen LogP contribution in [0.1, 0.15) is 24.7 Å². The van der Waals surface area contributed by atoms with Crippen LogP contribution < -0.4 is 10.1 Å². The lowest BCUT2D eigenvalue weighted by Gasteiger charge is -2.20. The highest BCUT2D eigenvalue weighted by atomic mass is 16.5. The van der Waals surface area contributed by atoms with Crippen molar-refractivity contribution in [3.8, 4) is 5.75 Å². The highest BCUT2D eigenvalue weighted by Crippen LogP contribution is 2.24. The number of aromatic nitrogens is 2. The summed E-state index contributed by atoms with van der Waals surface area (Å²) in [6, 6.07) is 7.47. The summed E-state index contributed by atoms with van der Waals surface area (Å²) in [7, 11) is 0. The van der Waals surface area contributed by atoms with Crippen molar-refractivity contribution in [2.24, 2.45) is 5.92 Å². The van der Waals surface area contributed by atoms with E-state index in [1.54, 1.807) is 6.33 Å². The zero-order valence-corrected chi connectivity index (χ0v) is 12.1. The van der Waals surface area contributed by atoms with Crippen molar-refractivity contribution >= 4 is 11.6 Å². The summed E-state index contributed by atoms with van der Waals surface area (Å²) in [6.45, 7) is 2.59. The minimum atomic E-state index is 0.00418. The van der Waals surface area contributed by atoms with E-state index in [9.17, 15) is 4.79 Å². The summed E-state index contributed by atoms with van der Waals surface area (Å²) in [5.41, 5.74) is 2.99. The number of hydrogen-bond donors (Lipinski definition) is 2. The van der Waals surface area contributed by atoms with E-state index in [-0.39, 0.29) is 11.8 Å². The second-order valence-electron chi connectivity index (χ2n) is 5.21. The van der Waals surface area contributed by atoms with Gasteiger partial charge in [-0.25, -0.2) is 4.98 Å². The van der Waals surface area contributed by atoms with Crippen LogP contribution in [-0.4, -0.2) is 22.5 Å². The number of H-pyrrole nitrogens is 1. The summed E-state index contributed by atoms with van der Waals surface area (Å²) in [5, 5.41) is 2.98. The second kappa shape index (κ2) is 5.99. The maximum absolute atomic E-state index is 12.3. The van der Waals surface area contributed by atoms with Gasteiger partial charge in [-0.1, -0.05) is 0 Å². The Morgan fingerprint density at radius 2 is 2.24 bits per heavy atom. The predicted octanol–water partition coefficient (Wildman–Crippen LogP) is 2.55. The first-order chi connectivity index (χ1) is 10.3. The topological polar surface area (TPSA) is 67.0 Å². The average Bonchev–Trinajstić information content (AvgIpc) is 2.97. The van der Waals surface area contributed by atoms with Gasteiger partial charge in [-0.3, -0.25) is 4.79 Å². The number of nitrogens with zero attached hydrogens (tertiary/aromatic N) is 1. The largest absolute Gasteiger partial charge is 0.494 e. The fourth-order valence-electron chi connectivity index (χ4n) is 2.67. The Kier molecular flexibility index (Phi) is 3.90. The maximum atomic E-state index is 12.3. The lowest BCUT2D eigenvalue weighted by atomic mass is 9.89. The lowest BCUT2D eigenvalue weighted by molar-refractivity contribution is -0.120. The van der Waals surface area contributed by atoms with Crippen molar-refractivity contribution < 1.29 is 9.53 Å². The van der Waals surface area contributed by atoms with Gasteiger partial charge in [-0.05, 0) is 44.0 Å². The Balaban J connectivity index is 1.61. The molecular weight excluding hydrogens is 266 g/mol. The molecule has 0 aliphatic heterocycles. The van der Waals surface area contributed by atoms with Crippen molar-refractivity contribution in [1.29, 1.82) is 0 Å². The molecule has 3 rings (SSSR count). The molecule has 0 saturated heterocycles. The molecule has 21 heavy (non-hydrogen) atoms. The molecule has 0 spiro atoms. The van der Waals surface area contributed by atoms with Crippen molar-refractivity contribution in [3.63, 3.8) is 0 Å². The van der Waals surface area contributed by atoms with Crippen molar-refractivity contribution in [2.45, 2.75) is 26.2 Å². The van der Waals surface area contributed by atoms with Gasteiger partial charge in [0.1, 0.15) is 5.75 Å². The van der Waals surface area contributed by atoms with E-state index in [0.717, 1.165) is 42.1 Å². The van der Waals surface area contributed by atoms with E-state index < -0.39 is 0 Å². The fourth-order valence-corrected chi connectivity index (χ4v) is 2.67. The zero-order valence-electron chi connectivity index (χ0n) is 12.1. The molecule has 1 heterocycles. The highest BCUT2D eigenvalue weighted by Gasteiger charge is 2.26. The Bertz CT molecular complexity index is 619. The normalized spacial score (nSPS) is 17.1. The van der Waals surface area contributed by atoms with E-state index in [0.29, 0.717) is 6.61 Å². The molecule has 5 heteroatoms. The fraction of sp³-hybridized carbons (Fsp3) is 0.375. The number of ether oxygens (including phenoxy) is 1. The predicted molar refractivity (Wildman–Crippen MR) is 80.3 cm³/mol. The van der Waals surface area contributed by atoms with Crippen LogP contribution in [0.15, 0.2) is 30.6 Å². The number of carbonyl (C=O) groups excluding carboxylic acids is 1. The van der Waals surface area contributed by atoms with Crippen molar-refractivity contribution in [2.75, 3.05) is 11.9 Å². The first-order valence-electron chi connectivity index (χ1n) is 7.31. The molecule has 1 amide bonds. The van der Waals surface area contributed by atoms with Gasteiger partial charge in [0.15, 0.2) is 0 Å². The number of hydrogen-bond acceptors (Lipinski definition) is 3. The van der Waals surface area contributed by atoms with E-state index in [1.807, 2.05) is 31.2 Å². The van der Waals surface area contributed by atoms with Crippen molar-refractivity contribution in [1.82, 2.24) is 9.97 Å². The number of imidazole rings is 1. The Hall–Kier alpha value is -2.30. The molecule has 1 aromatic carbocycles. The van der Waals surface area contributed by atoms with Crippen LogP contribution in [0.2, 0.25) is 0 Å². The number of nitrogens with one attached hydrogen (secondary N) is 2. The highest BCUT2D eigenvalue weighted by molar-refractivity contribution is 5.92. The van der Waals surface area contributed by atoms with Gasteiger partial charge in [0.2, 0.25) is 5.91 Å². The standard InChI is InChI=1S/C16H19N3O2/c1-2-21-13-6-4-12(5-7-13)19-16(20)11-3-8-14-15(9-11)18-10-17-14/h4-7,10-11H,2-3,8-9H2,1H3,(H,17,18)(H,19,20). The molecule has 2 aromatic rings. The summed E-state index contributed by atoms with van der Waals surface area (Å²) < 4.78 is 5.39. The summed E-state index contributed by atoms with van der Waals surface area (Å²) in [5.74, 6) is 0.888. The number of fused-ring (bicyclic) bond motifs is 1. The monoisotopic (exact) mass is 285 g/mol. The number of benzene rings is 1. The molecule has 0 radical (unpaired) electrons. The van der Waals surface area contributed by atoms with E-state index in [1.165, 1.54) is 0 Å². The smallest absolute Gasteiger partial charge is 0.227 e. The van der Waals surface area contributed by atoms with Crippen LogP contribution in [0, 0.1) is 5.92 Å². The Morgan fingerprint density at radius 1 is 1.43 bits per heavy atom. The number of amides is 1. The van der Waals surface area contributed by atoms with Gasteiger partial charge in [0.05, 0.1) is 18.6 Å². The molecule has 1 aromatic heterocycles. The SMILES string of the molecule is CCOc1ccc(NC(=O)C2CCc3nc[nH]c3C2)cc1. The maximum Gasteiger partial charge on any atom is 0.227 e. The van der Waals surface area contributed by atoms with Crippen LogP contribution in [-0.2, 0) is 17.6 Å². The van der Waals surface area contributed by atoms with Gasteiger partial charge in [0.25, 0.3) is 0 Å². The molecule has 1 aliphatic carbocycles. The number of anilines is 1. The van der Waals surface area contributed by atoms with Crippen molar-refractivity contribution in [3.05, 3.63) is 42.0 Å². The molecule has 1 unspecified atom stereocenters. The number of rotatable bonds is 4. The van der Waals surface area contributed by atoms with Gasteiger partial charge in [0, 0.05) is 23.7 Å². The lowest BCUT2D eigenvalue weighted by Crippen LogP contribution is -2.28. The molecule has 5 nitrogen and oxygen atoms in total. The molecule has 110 valence electrons. The summed E-state index contributed by atoms with van der Waals surface area (Å²) >= 11 is 0. The van der Waals surface area contributed by atoms with Crippen LogP contribution in [0.25, 0.3) is 0 Å². The molecule has 2 N–H and O–H groups in total. The van der Waals surface area contributed by atoms with Crippen LogP contribution in [0.4, 0.5) is 5.69 Å². The molecule has 0 saturated carbocycles. The van der Waals surface area contributed by atoms with Crippen LogP contribution >= 0.6 is 0 Å². The van der Waals surface area contributed by atoms with Crippen LogP contribution in [0.5, 0.6) is 5.75 Å².